The molecule has 0 amide bonds. The van der Waals surface area contributed by atoms with Crippen LogP contribution in [0.25, 0.3) is 0 Å². The van der Waals surface area contributed by atoms with E-state index in [1.54, 1.807) is 17.5 Å². The lowest BCUT2D eigenvalue weighted by Gasteiger charge is -2.37. The molecule has 2 rings (SSSR count). The molecule has 1 aliphatic rings. The number of hydrogen-bond acceptors (Lipinski definition) is 6. The molecule has 6 heteroatoms. The van der Waals surface area contributed by atoms with Crippen LogP contribution in [0.4, 0.5) is 5.13 Å². The molecule has 0 spiro atoms. The van der Waals surface area contributed by atoms with Gasteiger partial charge in [0.05, 0.1) is 6.67 Å². The highest BCUT2D eigenvalue weighted by Gasteiger charge is 2.28. The molecule has 0 aromatic carbocycles. The molecule has 1 aromatic rings. The summed E-state index contributed by atoms with van der Waals surface area (Å²) in [5, 5.41) is 6.05. The Morgan fingerprint density at radius 3 is 3.20 bits per heavy atom. The largest absolute Gasteiger partial charge is 0.460 e. The molecule has 1 aliphatic heterocycles. The smallest absolute Gasteiger partial charge is 0.302 e. The van der Waals surface area contributed by atoms with Gasteiger partial charge in [0.15, 0.2) is 5.13 Å². The summed E-state index contributed by atoms with van der Waals surface area (Å²) in [7, 11) is 0. The van der Waals surface area contributed by atoms with Crippen LogP contribution in [0.2, 0.25) is 0 Å². The average molecular weight is 227 g/mol. The Kier molecular flexibility index (Phi) is 3.17. The first-order chi connectivity index (χ1) is 7.24. The molecular weight excluding hydrogens is 214 g/mol. The molecule has 1 N–H and O–H groups in total. The van der Waals surface area contributed by atoms with Crippen molar-refractivity contribution < 1.29 is 9.53 Å². The fraction of sp³-hybridized carbons (Fsp3) is 0.556. The van der Waals surface area contributed by atoms with E-state index in [4.69, 9.17) is 4.74 Å². The number of nitrogens with zero attached hydrogens (tertiary/aromatic N) is 2. The lowest BCUT2D eigenvalue weighted by atomic mass is 10.2. The van der Waals surface area contributed by atoms with Crippen molar-refractivity contribution in [2.75, 3.05) is 25.1 Å². The molecule has 5 nitrogen and oxygen atoms in total. The van der Waals surface area contributed by atoms with Gasteiger partial charge in [-0.05, 0) is 0 Å². The number of hydrogen-bond donors (Lipinski definition) is 1. The monoisotopic (exact) mass is 227 g/mol. The number of likely N-dealkylation sites (tertiary alicyclic amines) is 1. The van der Waals surface area contributed by atoms with E-state index in [1.165, 1.54) is 6.92 Å². The van der Waals surface area contributed by atoms with E-state index < -0.39 is 0 Å². The lowest BCUT2D eigenvalue weighted by Crippen LogP contribution is -2.54. The molecule has 0 bridgehead atoms. The Bertz CT molecular complexity index is 322. The third kappa shape index (κ3) is 2.90. The number of aromatic nitrogens is 1. The van der Waals surface area contributed by atoms with Crippen molar-refractivity contribution in [2.24, 2.45) is 0 Å². The predicted molar refractivity (Wildman–Crippen MR) is 57.7 cm³/mol. The minimum atomic E-state index is -0.201. The van der Waals surface area contributed by atoms with E-state index in [1.807, 2.05) is 5.38 Å². The molecule has 0 atom stereocenters. The number of carbonyl (C=O) groups excluding carboxylic acids is 1. The zero-order chi connectivity index (χ0) is 10.7. The molecule has 2 heterocycles. The summed E-state index contributed by atoms with van der Waals surface area (Å²) in [6.07, 6.45) is 1.84. The zero-order valence-electron chi connectivity index (χ0n) is 8.47. The first kappa shape index (κ1) is 10.4. The normalized spacial score (nSPS) is 17.1. The molecule has 82 valence electrons. The molecule has 1 aromatic heterocycles. The van der Waals surface area contributed by atoms with Crippen LogP contribution in [0.1, 0.15) is 6.92 Å². The predicted octanol–water partition coefficient (Wildman–Crippen LogP) is 0.760. The number of ether oxygens (including phenoxy) is 1. The molecule has 0 saturated carbocycles. The van der Waals surface area contributed by atoms with Gasteiger partial charge in [0.1, 0.15) is 6.10 Å². The number of esters is 1. The Morgan fingerprint density at radius 1 is 1.80 bits per heavy atom. The van der Waals surface area contributed by atoms with Gasteiger partial charge in [-0.15, -0.1) is 11.3 Å². The minimum absolute atomic E-state index is 0.0700. The number of thiazole rings is 1. The van der Waals surface area contributed by atoms with Crippen LogP contribution in [0.5, 0.6) is 0 Å². The van der Waals surface area contributed by atoms with E-state index in [-0.39, 0.29) is 12.1 Å². The Labute approximate surface area is 92.1 Å². The summed E-state index contributed by atoms with van der Waals surface area (Å²) >= 11 is 1.58. The fourth-order valence-electron chi connectivity index (χ4n) is 1.45. The minimum Gasteiger partial charge on any atom is -0.460 e. The highest BCUT2D eigenvalue weighted by Crippen LogP contribution is 2.14. The van der Waals surface area contributed by atoms with Crippen molar-refractivity contribution in [3.05, 3.63) is 11.6 Å². The molecule has 1 fully saturated rings. The van der Waals surface area contributed by atoms with Crippen molar-refractivity contribution in [2.45, 2.75) is 13.0 Å². The van der Waals surface area contributed by atoms with Crippen molar-refractivity contribution in [3.8, 4) is 0 Å². The van der Waals surface area contributed by atoms with Crippen LogP contribution >= 0.6 is 11.3 Å². The van der Waals surface area contributed by atoms with E-state index in [0.717, 1.165) is 24.9 Å². The summed E-state index contributed by atoms with van der Waals surface area (Å²) in [5.41, 5.74) is 0. The third-order valence-electron chi connectivity index (χ3n) is 2.14. The molecule has 15 heavy (non-hydrogen) atoms. The molecular formula is C9H13N3O2S. The molecule has 0 aliphatic carbocycles. The van der Waals surface area contributed by atoms with Gasteiger partial charge in [-0.2, -0.15) is 0 Å². The maximum Gasteiger partial charge on any atom is 0.302 e. The van der Waals surface area contributed by atoms with Gasteiger partial charge in [-0.3, -0.25) is 9.69 Å². The van der Waals surface area contributed by atoms with Gasteiger partial charge >= 0.3 is 5.97 Å². The number of carbonyl (C=O) groups is 1. The van der Waals surface area contributed by atoms with Crippen LogP contribution in [0.3, 0.4) is 0 Å². The summed E-state index contributed by atoms with van der Waals surface area (Å²) in [6.45, 7) is 3.80. The SMILES string of the molecule is CC(=O)OC1CN(CNc2nccs2)C1. The second kappa shape index (κ2) is 4.59. The summed E-state index contributed by atoms with van der Waals surface area (Å²) < 4.78 is 5.03. The van der Waals surface area contributed by atoms with Crippen LogP contribution in [-0.4, -0.2) is 41.7 Å². The van der Waals surface area contributed by atoms with Crippen molar-refractivity contribution >= 4 is 22.4 Å². The van der Waals surface area contributed by atoms with E-state index in [0.29, 0.717) is 0 Å². The lowest BCUT2D eigenvalue weighted by molar-refractivity contribution is -0.154. The summed E-state index contributed by atoms with van der Waals surface area (Å²) in [6, 6.07) is 0. The number of anilines is 1. The highest BCUT2D eigenvalue weighted by atomic mass is 32.1. The van der Waals surface area contributed by atoms with Gasteiger partial charge in [-0.1, -0.05) is 0 Å². The summed E-state index contributed by atoms with van der Waals surface area (Å²) in [5.74, 6) is -0.201. The first-order valence-electron chi connectivity index (χ1n) is 4.77. The van der Waals surface area contributed by atoms with E-state index in [2.05, 4.69) is 15.2 Å². The van der Waals surface area contributed by atoms with Crippen molar-refractivity contribution in [1.82, 2.24) is 9.88 Å². The Balaban J connectivity index is 1.62. The highest BCUT2D eigenvalue weighted by molar-refractivity contribution is 7.13. The Morgan fingerprint density at radius 2 is 2.60 bits per heavy atom. The third-order valence-corrected chi connectivity index (χ3v) is 2.87. The maximum absolute atomic E-state index is 10.6. The van der Waals surface area contributed by atoms with Gasteiger partial charge in [-0.25, -0.2) is 4.98 Å². The van der Waals surface area contributed by atoms with Gasteiger partial charge in [0.2, 0.25) is 0 Å². The quantitative estimate of drug-likeness (QED) is 0.770. The number of rotatable bonds is 4. The topological polar surface area (TPSA) is 54.5 Å². The van der Waals surface area contributed by atoms with Gasteiger partial charge in [0.25, 0.3) is 0 Å². The average Bonchev–Trinajstić information content (AvgIpc) is 2.60. The number of nitrogens with one attached hydrogen (secondary N) is 1. The van der Waals surface area contributed by atoms with Crippen LogP contribution in [0, 0.1) is 0 Å². The zero-order valence-corrected chi connectivity index (χ0v) is 9.29. The molecule has 0 radical (unpaired) electrons. The molecule has 1 saturated heterocycles. The standard InChI is InChI=1S/C9H13N3O2S/c1-7(13)14-8-4-12(5-8)6-11-9-10-2-3-15-9/h2-3,8H,4-6H2,1H3,(H,10,11). The van der Waals surface area contributed by atoms with Crippen LogP contribution in [0.15, 0.2) is 11.6 Å². The second-order valence-electron chi connectivity index (χ2n) is 3.44. The second-order valence-corrected chi connectivity index (χ2v) is 4.33. The van der Waals surface area contributed by atoms with Crippen LogP contribution in [-0.2, 0) is 9.53 Å². The van der Waals surface area contributed by atoms with E-state index >= 15 is 0 Å². The maximum atomic E-state index is 10.6. The van der Waals surface area contributed by atoms with Gasteiger partial charge in [0, 0.05) is 31.6 Å². The van der Waals surface area contributed by atoms with Crippen molar-refractivity contribution in [1.29, 1.82) is 0 Å². The Hall–Kier alpha value is -1.14. The fourth-order valence-corrected chi connectivity index (χ4v) is 1.97. The van der Waals surface area contributed by atoms with E-state index in [9.17, 15) is 4.79 Å². The van der Waals surface area contributed by atoms with Crippen molar-refractivity contribution in [3.63, 3.8) is 0 Å². The summed E-state index contributed by atoms with van der Waals surface area (Å²) in [4.78, 5) is 16.9. The first-order valence-corrected chi connectivity index (χ1v) is 5.65. The van der Waals surface area contributed by atoms with Crippen LogP contribution < -0.4 is 5.32 Å². The van der Waals surface area contributed by atoms with Gasteiger partial charge < -0.3 is 10.1 Å². The molecule has 0 unspecified atom stereocenters.